The predicted molar refractivity (Wildman–Crippen MR) is 68.6 cm³/mol. The number of nitrogens with zero attached hydrogens (tertiary/aromatic N) is 4. The van der Waals surface area contributed by atoms with Gasteiger partial charge in [0.05, 0.1) is 17.2 Å². The minimum absolute atomic E-state index is 0.0820. The normalized spacial score (nSPS) is 14.5. The number of hydrogen-bond donors (Lipinski definition) is 1. The summed E-state index contributed by atoms with van der Waals surface area (Å²) in [6, 6.07) is 6.53. The van der Waals surface area contributed by atoms with Gasteiger partial charge in [0, 0.05) is 18.1 Å². The molecule has 2 aromatic rings. The number of rotatable bonds is 4. The van der Waals surface area contributed by atoms with Crippen molar-refractivity contribution in [2.75, 3.05) is 5.73 Å². The number of non-ortho nitro benzene ring substituents is 1. The third-order valence-electron chi connectivity index (χ3n) is 3.22. The van der Waals surface area contributed by atoms with Crippen LogP contribution in [-0.2, 0) is 6.54 Å². The lowest BCUT2D eigenvalue weighted by molar-refractivity contribution is -0.384. The molecule has 0 atom stereocenters. The Morgan fingerprint density at radius 2 is 2.26 bits per heavy atom. The molecule has 98 valence electrons. The van der Waals surface area contributed by atoms with Gasteiger partial charge in [0.15, 0.2) is 5.82 Å². The van der Waals surface area contributed by atoms with Crippen LogP contribution in [0.15, 0.2) is 24.3 Å². The van der Waals surface area contributed by atoms with E-state index in [9.17, 15) is 10.1 Å². The molecular formula is C12H13N5O2. The van der Waals surface area contributed by atoms with Crippen LogP contribution in [0.3, 0.4) is 0 Å². The number of nitro benzene ring substituents is 1. The van der Waals surface area contributed by atoms with Gasteiger partial charge in [0.25, 0.3) is 5.69 Å². The first-order valence-corrected chi connectivity index (χ1v) is 6.07. The third kappa shape index (κ3) is 2.26. The van der Waals surface area contributed by atoms with Gasteiger partial charge in [-0.25, -0.2) is 4.68 Å². The summed E-state index contributed by atoms with van der Waals surface area (Å²) in [5, 5.41) is 18.7. The lowest BCUT2D eigenvalue weighted by Gasteiger charge is -2.05. The molecule has 1 heterocycles. The van der Waals surface area contributed by atoms with E-state index >= 15 is 0 Å². The molecule has 3 rings (SSSR count). The van der Waals surface area contributed by atoms with Crippen molar-refractivity contribution in [3.8, 4) is 0 Å². The molecule has 0 bridgehead atoms. The van der Waals surface area contributed by atoms with Crippen LogP contribution < -0.4 is 5.73 Å². The smallest absolute Gasteiger partial charge is 0.269 e. The van der Waals surface area contributed by atoms with Crippen LogP contribution in [0.5, 0.6) is 0 Å². The maximum Gasteiger partial charge on any atom is 0.269 e. The van der Waals surface area contributed by atoms with Crippen molar-refractivity contribution in [2.45, 2.75) is 25.3 Å². The van der Waals surface area contributed by atoms with E-state index in [4.69, 9.17) is 5.73 Å². The van der Waals surface area contributed by atoms with Crippen molar-refractivity contribution >= 4 is 11.5 Å². The number of benzene rings is 1. The fourth-order valence-corrected chi connectivity index (χ4v) is 2.17. The number of nitro groups is 1. The van der Waals surface area contributed by atoms with Gasteiger partial charge in [-0.2, -0.15) is 0 Å². The molecule has 1 aliphatic rings. The maximum atomic E-state index is 10.7. The van der Waals surface area contributed by atoms with Gasteiger partial charge in [-0.05, 0) is 18.4 Å². The Bertz CT molecular complexity index is 633. The standard InChI is InChI=1S/C12H13N5O2/c13-12-11(9-4-5-9)16(15-14-12)7-8-2-1-3-10(6-8)17(18)19/h1-3,6,9H,4-5,7,13H2. The number of nitrogens with two attached hydrogens (primary N) is 1. The quantitative estimate of drug-likeness (QED) is 0.665. The topological polar surface area (TPSA) is 99.9 Å². The Hall–Kier alpha value is -2.44. The number of nitrogen functional groups attached to an aromatic ring is 1. The second kappa shape index (κ2) is 4.34. The molecule has 1 aromatic heterocycles. The van der Waals surface area contributed by atoms with Gasteiger partial charge < -0.3 is 5.73 Å². The fraction of sp³-hybridized carbons (Fsp3) is 0.333. The summed E-state index contributed by atoms with van der Waals surface area (Å²) >= 11 is 0. The van der Waals surface area contributed by atoms with Crippen molar-refractivity contribution in [3.05, 3.63) is 45.6 Å². The van der Waals surface area contributed by atoms with Gasteiger partial charge in [0.2, 0.25) is 0 Å². The molecule has 7 nitrogen and oxygen atoms in total. The summed E-state index contributed by atoms with van der Waals surface area (Å²) in [7, 11) is 0. The van der Waals surface area contributed by atoms with Crippen LogP contribution >= 0.6 is 0 Å². The van der Waals surface area contributed by atoms with Gasteiger partial charge in [0.1, 0.15) is 0 Å². The summed E-state index contributed by atoms with van der Waals surface area (Å²) < 4.78 is 1.74. The Kier molecular flexibility index (Phi) is 2.66. The molecule has 0 unspecified atom stereocenters. The molecule has 0 aliphatic heterocycles. The van der Waals surface area contributed by atoms with Crippen LogP contribution in [0.25, 0.3) is 0 Å². The van der Waals surface area contributed by atoms with Gasteiger partial charge in [-0.1, -0.05) is 17.3 Å². The largest absolute Gasteiger partial charge is 0.381 e. The van der Waals surface area contributed by atoms with Crippen molar-refractivity contribution in [3.63, 3.8) is 0 Å². The molecule has 2 N–H and O–H groups in total. The fourth-order valence-electron chi connectivity index (χ4n) is 2.17. The zero-order valence-corrected chi connectivity index (χ0v) is 10.2. The zero-order chi connectivity index (χ0) is 13.4. The lowest BCUT2D eigenvalue weighted by Crippen LogP contribution is -2.07. The second-order valence-electron chi connectivity index (χ2n) is 4.72. The molecule has 0 saturated heterocycles. The zero-order valence-electron chi connectivity index (χ0n) is 10.2. The van der Waals surface area contributed by atoms with Crippen molar-refractivity contribution in [2.24, 2.45) is 0 Å². The van der Waals surface area contributed by atoms with Crippen LogP contribution in [0.2, 0.25) is 0 Å². The molecule has 0 amide bonds. The van der Waals surface area contributed by atoms with Crippen molar-refractivity contribution in [1.29, 1.82) is 0 Å². The number of hydrogen-bond acceptors (Lipinski definition) is 5. The van der Waals surface area contributed by atoms with Crippen molar-refractivity contribution in [1.82, 2.24) is 15.0 Å². The average molecular weight is 259 g/mol. The van der Waals surface area contributed by atoms with Crippen molar-refractivity contribution < 1.29 is 4.92 Å². The molecular weight excluding hydrogens is 246 g/mol. The van der Waals surface area contributed by atoms with E-state index in [-0.39, 0.29) is 5.69 Å². The first-order chi connectivity index (χ1) is 9.15. The van der Waals surface area contributed by atoms with Gasteiger partial charge in [-0.15, -0.1) is 5.10 Å². The van der Waals surface area contributed by atoms with E-state index in [2.05, 4.69) is 10.3 Å². The summed E-state index contributed by atoms with van der Waals surface area (Å²) in [4.78, 5) is 10.3. The molecule has 1 aromatic carbocycles. The van der Waals surface area contributed by atoms with Crippen LogP contribution in [0, 0.1) is 10.1 Å². The minimum atomic E-state index is -0.402. The first-order valence-electron chi connectivity index (χ1n) is 6.07. The monoisotopic (exact) mass is 259 g/mol. The maximum absolute atomic E-state index is 10.7. The van der Waals surface area contributed by atoms with E-state index < -0.39 is 4.92 Å². The van der Waals surface area contributed by atoms with E-state index in [0.29, 0.717) is 18.3 Å². The molecule has 0 spiro atoms. The van der Waals surface area contributed by atoms with Gasteiger partial charge in [-0.3, -0.25) is 10.1 Å². The molecule has 7 heteroatoms. The highest BCUT2D eigenvalue weighted by Gasteiger charge is 2.30. The van der Waals surface area contributed by atoms with Crippen LogP contribution in [0.4, 0.5) is 11.5 Å². The summed E-state index contributed by atoms with van der Waals surface area (Å²) in [5.74, 6) is 0.904. The highest BCUT2D eigenvalue weighted by molar-refractivity contribution is 5.39. The van der Waals surface area contributed by atoms with E-state index in [1.165, 1.54) is 6.07 Å². The summed E-state index contributed by atoms with van der Waals surface area (Å²) in [5.41, 5.74) is 7.66. The second-order valence-corrected chi connectivity index (χ2v) is 4.72. The molecule has 1 saturated carbocycles. The SMILES string of the molecule is Nc1nnn(Cc2cccc([N+](=O)[O-])c2)c1C1CC1. The predicted octanol–water partition coefficient (Wildman–Crippen LogP) is 1.69. The number of aromatic nitrogens is 3. The molecule has 0 radical (unpaired) electrons. The van der Waals surface area contributed by atoms with E-state index in [1.54, 1.807) is 16.8 Å². The summed E-state index contributed by atoms with van der Waals surface area (Å²) in [6.07, 6.45) is 2.21. The highest BCUT2D eigenvalue weighted by Crippen LogP contribution is 2.42. The Morgan fingerprint density at radius 1 is 1.47 bits per heavy atom. The van der Waals surface area contributed by atoms with Gasteiger partial charge >= 0.3 is 0 Å². The lowest BCUT2D eigenvalue weighted by atomic mass is 10.2. The highest BCUT2D eigenvalue weighted by atomic mass is 16.6. The summed E-state index contributed by atoms with van der Waals surface area (Å²) in [6.45, 7) is 0.456. The van der Waals surface area contributed by atoms with Crippen LogP contribution in [-0.4, -0.2) is 19.9 Å². The van der Waals surface area contributed by atoms with Crippen LogP contribution in [0.1, 0.15) is 30.0 Å². The van der Waals surface area contributed by atoms with E-state index in [0.717, 1.165) is 24.1 Å². The first kappa shape index (κ1) is 11.6. The van der Waals surface area contributed by atoms with E-state index in [1.807, 2.05) is 6.07 Å². The Labute approximate surface area is 109 Å². The third-order valence-corrected chi connectivity index (χ3v) is 3.22. The Balaban J connectivity index is 1.89. The molecule has 19 heavy (non-hydrogen) atoms. The Morgan fingerprint density at radius 3 is 2.95 bits per heavy atom. The molecule has 1 aliphatic carbocycles. The minimum Gasteiger partial charge on any atom is -0.381 e. The average Bonchev–Trinajstić information content (AvgIpc) is 3.15. The molecule has 1 fully saturated rings. The number of anilines is 1.